The first kappa shape index (κ1) is 19.2. The monoisotopic (exact) mass is 384 g/mol. The van der Waals surface area contributed by atoms with E-state index < -0.39 is 0 Å². The van der Waals surface area contributed by atoms with Gasteiger partial charge in [0.25, 0.3) is 5.91 Å². The van der Waals surface area contributed by atoms with Gasteiger partial charge in [-0.15, -0.1) is 5.10 Å². The lowest BCUT2D eigenvalue weighted by molar-refractivity contribution is 0.0589. The Balaban J connectivity index is 1.42. The van der Waals surface area contributed by atoms with Crippen molar-refractivity contribution in [3.05, 3.63) is 30.1 Å². The van der Waals surface area contributed by atoms with Crippen molar-refractivity contribution in [1.29, 1.82) is 0 Å². The molecule has 0 aromatic carbocycles. The summed E-state index contributed by atoms with van der Waals surface area (Å²) in [6.45, 7) is 3.74. The fourth-order valence-electron chi connectivity index (χ4n) is 4.72. The molecule has 0 spiro atoms. The molecule has 2 fully saturated rings. The van der Waals surface area contributed by atoms with E-state index in [1.807, 2.05) is 35.1 Å². The summed E-state index contributed by atoms with van der Waals surface area (Å²) >= 11 is 0. The van der Waals surface area contributed by atoms with Crippen molar-refractivity contribution < 1.29 is 4.79 Å². The van der Waals surface area contributed by atoms with Crippen molar-refractivity contribution in [2.24, 2.45) is 0 Å². The minimum atomic E-state index is 0.0481. The van der Waals surface area contributed by atoms with Crippen molar-refractivity contribution in [1.82, 2.24) is 29.4 Å². The average Bonchev–Trinajstić information content (AvgIpc) is 3.28. The molecule has 2 aromatic heterocycles. The molecular formula is C21H32N6O. The zero-order valence-electron chi connectivity index (χ0n) is 17.0. The van der Waals surface area contributed by atoms with Gasteiger partial charge in [-0.05, 0) is 45.4 Å². The third kappa shape index (κ3) is 4.28. The molecule has 152 valence electrons. The second-order valence-electron chi connectivity index (χ2n) is 8.33. The van der Waals surface area contributed by atoms with Crippen LogP contribution in [0.15, 0.2) is 18.6 Å². The van der Waals surface area contributed by atoms with Gasteiger partial charge in [0.05, 0.1) is 12.2 Å². The first-order valence-corrected chi connectivity index (χ1v) is 10.9. The number of rotatable bonds is 5. The molecule has 1 aliphatic heterocycles. The maximum absolute atomic E-state index is 13.2. The molecule has 4 rings (SSSR count). The molecule has 0 bridgehead atoms. The van der Waals surface area contributed by atoms with E-state index in [1.165, 1.54) is 32.1 Å². The van der Waals surface area contributed by atoms with E-state index in [4.69, 9.17) is 0 Å². The summed E-state index contributed by atoms with van der Waals surface area (Å²) < 4.78 is 4.12. The zero-order valence-corrected chi connectivity index (χ0v) is 17.0. The Morgan fingerprint density at radius 2 is 1.89 bits per heavy atom. The molecule has 2 aromatic rings. The van der Waals surface area contributed by atoms with Gasteiger partial charge < -0.3 is 9.47 Å². The Bertz CT molecular complexity index is 773. The second-order valence-corrected chi connectivity index (χ2v) is 8.33. The van der Waals surface area contributed by atoms with Crippen LogP contribution in [-0.4, -0.2) is 47.9 Å². The number of hydrogen-bond donors (Lipinski definition) is 0. The molecule has 1 atom stereocenters. The number of piperidine rings is 1. The summed E-state index contributed by atoms with van der Waals surface area (Å²) in [4.78, 5) is 19.5. The van der Waals surface area contributed by atoms with Crippen LogP contribution in [0.25, 0.3) is 0 Å². The first-order valence-electron chi connectivity index (χ1n) is 10.9. The number of aromatic nitrogens is 5. The first-order chi connectivity index (χ1) is 13.7. The third-order valence-corrected chi connectivity index (χ3v) is 6.44. The molecule has 1 unspecified atom stereocenters. The van der Waals surface area contributed by atoms with E-state index in [0.717, 1.165) is 51.0 Å². The van der Waals surface area contributed by atoms with Gasteiger partial charge in [-0.25, -0.2) is 9.67 Å². The van der Waals surface area contributed by atoms with Gasteiger partial charge in [-0.1, -0.05) is 30.9 Å². The van der Waals surface area contributed by atoms with Crippen LogP contribution in [0, 0.1) is 6.92 Å². The van der Waals surface area contributed by atoms with Crippen LogP contribution in [-0.2, 0) is 6.54 Å². The van der Waals surface area contributed by atoms with Crippen molar-refractivity contribution in [2.75, 3.05) is 6.54 Å². The Kier molecular flexibility index (Phi) is 6.07. The highest BCUT2D eigenvalue weighted by Gasteiger charge is 2.29. The van der Waals surface area contributed by atoms with Gasteiger partial charge in [-0.3, -0.25) is 4.79 Å². The number of hydrogen-bond acceptors (Lipinski definition) is 4. The van der Waals surface area contributed by atoms with E-state index in [9.17, 15) is 4.79 Å². The molecule has 0 radical (unpaired) electrons. The summed E-state index contributed by atoms with van der Waals surface area (Å²) in [6, 6.07) is 0.670. The van der Waals surface area contributed by atoms with Crippen molar-refractivity contribution in [3.8, 4) is 0 Å². The molecular weight excluding hydrogens is 352 g/mol. The lowest BCUT2D eigenvalue weighted by Gasteiger charge is -2.35. The normalized spacial score (nSPS) is 21.6. The lowest BCUT2D eigenvalue weighted by atomic mass is 9.99. The van der Waals surface area contributed by atoms with Crippen molar-refractivity contribution in [2.45, 2.75) is 89.8 Å². The predicted octanol–water partition coefficient (Wildman–Crippen LogP) is 3.76. The number of likely N-dealkylation sites (tertiary alicyclic amines) is 1. The van der Waals surface area contributed by atoms with Gasteiger partial charge >= 0.3 is 0 Å². The molecule has 1 aliphatic carbocycles. The van der Waals surface area contributed by atoms with Crippen LogP contribution in [0.3, 0.4) is 0 Å². The highest BCUT2D eigenvalue weighted by Crippen LogP contribution is 2.27. The lowest BCUT2D eigenvalue weighted by Crippen LogP contribution is -2.44. The molecule has 7 nitrogen and oxygen atoms in total. The molecule has 0 N–H and O–H groups in total. The van der Waals surface area contributed by atoms with E-state index in [1.54, 1.807) is 0 Å². The van der Waals surface area contributed by atoms with Gasteiger partial charge in [0.1, 0.15) is 5.82 Å². The Labute approximate surface area is 167 Å². The van der Waals surface area contributed by atoms with Crippen molar-refractivity contribution in [3.63, 3.8) is 0 Å². The molecule has 2 aliphatic rings. The van der Waals surface area contributed by atoms with Gasteiger partial charge in [-0.2, -0.15) is 0 Å². The quantitative estimate of drug-likeness (QED) is 0.736. The Morgan fingerprint density at radius 1 is 1.11 bits per heavy atom. The topological polar surface area (TPSA) is 68.8 Å². The maximum atomic E-state index is 13.2. The third-order valence-electron chi connectivity index (χ3n) is 6.44. The number of carbonyl (C=O) groups is 1. The van der Waals surface area contributed by atoms with E-state index in [2.05, 4.69) is 19.9 Å². The summed E-state index contributed by atoms with van der Waals surface area (Å²) in [5, 5.41) is 8.59. The van der Waals surface area contributed by atoms with Gasteiger partial charge in [0.2, 0.25) is 0 Å². The van der Waals surface area contributed by atoms with Crippen LogP contribution in [0.4, 0.5) is 0 Å². The van der Waals surface area contributed by atoms with Crippen LogP contribution in [0.1, 0.15) is 86.6 Å². The van der Waals surface area contributed by atoms with Crippen LogP contribution in [0.5, 0.6) is 0 Å². The predicted molar refractivity (Wildman–Crippen MR) is 107 cm³/mol. The summed E-state index contributed by atoms with van der Waals surface area (Å²) in [7, 11) is 0. The number of carbonyl (C=O) groups excluding carboxylic acids is 1. The van der Waals surface area contributed by atoms with E-state index >= 15 is 0 Å². The maximum Gasteiger partial charge on any atom is 0.276 e. The highest BCUT2D eigenvalue weighted by atomic mass is 16.2. The van der Waals surface area contributed by atoms with E-state index in [-0.39, 0.29) is 11.9 Å². The minimum Gasteiger partial charge on any atom is -0.335 e. The highest BCUT2D eigenvalue weighted by molar-refractivity contribution is 5.92. The number of imidazole rings is 1. The Morgan fingerprint density at radius 3 is 2.64 bits per heavy atom. The molecule has 28 heavy (non-hydrogen) atoms. The number of nitrogens with zero attached hydrogens (tertiary/aromatic N) is 6. The zero-order chi connectivity index (χ0) is 19.3. The van der Waals surface area contributed by atoms with Crippen LogP contribution in [0.2, 0.25) is 0 Å². The fraction of sp³-hybridized carbons (Fsp3) is 0.714. The standard InChI is InChI=1S/C21H32N6O/c1-17-22-12-15-25(17)14-11-18-8-6-7-13-26(18)21(28)20-16-27(24-23-20)19-9-4-2-3-5-10-19/h12,15-16,18-19H,2-11,13-14H2,1H3. The Hall–Kier alpha value is -2.18. The number of aryl methyl sites for hydroxylation is 2. The largest absolute Gasteiger partial charge is 0.335 e. The van der Waals surface area contributed by atoms with Gasteiger partial charge in [0.15, 0.2) is 5.69 Å². The van der Waals surface area contributed by atoms with Gasteiger partial charge in [0, 0.05) is 31.5 Å². The SMILES string of the molecule is Cc1nccn1CCC1CCCCN1C(=O)c1cn(C2CCCCCC2)nn1. The summed E-state index contributed by atoms with van der Waals surface area (Å²) in [6.07, 6.45) is 17.4. The molecule has 1 amide bonds. The summed E-state index contributed by atoms with van der Waals surface area (Å²) in [5.41, 5.74) is 0.509. The smallest absolute Gasteiger partial charge is 0.276 e. The molecule has 7 heteroatoms. The minimum absolute atomic E-state index is 0.0481. The molecule has 3 heterocycles. The fourth-order valence-corrected chi connectivity index (χ4v) is 4.72. The second kappa shape index (κ2) is 8.88. The van der Waals surface area contributed by atoms with Crippen LogP contribution >= 0.6 is 0 Å². The molecule has 1 saturated carbocycles. The molecule has 1 saturated heterocycles. The average molecular weight is 385 g/mol. The van der Waals surface area contributed by atoms with Crippen LogP contribution < -0.4 is 0 Å². The van der Waals surface area contributed by atoms with E-state index in [0.29, 0.717) is 11.7 Å². The summed E-state index contributed by atoms with van der Waals surface area (Å²) in [5.74, 6) is 1.08. The number of amides is 1. The van der Waals surface area contributed by atoms with Crippen molar-refractivity contribution >= 4 is 5.91 Å².